The zero-order valence-electron chi connectivity index (χ0n) is 48.5. The minimum atomic E-state index is -1.48. The number of hydrogen-bond donors (Lipinski definition) is 1. The molecule has 0 radical (unpaired) electrons. The predicted octanol–water partition coefficient (Wildman–Crippen LogP) is 12.2. The molecule has 1 N–H and O–H groups in total. The minimum Gasteiger partial charge on any atom is -0.465 e. The highest BCUT2D eigenvalue weighted by Crippen LogP contribution is 2.61. The van der Waals surface area contributed by atoms with Crippen LogP contribution in [0.1, 0.15) is 226 Å². The van der Waals surface area contributed by atoms with Gasteiger partial charge in [-0.25, -0.2) is 4.79 Å². The third kappa shape index (κ3) is 28.6. The second-order valence-electron chi connectivity index (χ2n) is 23.3. The van der Waals surface area contributed by atoms with Crippen molar-refractivity contribution >= 4 is 41.9 Å². The number of amides is 1. The molecule has 4 bridgehead atoms. The summed E-state index contributed by atoms with van der Waals surface area (Å²) in [6.45, 7) is 8.65. The van der Waals surface area contributed by atoms with Crippen molar-refractivity contribution in [2.45, 2.75) is 232 Å². The van der Waals surface area contributed by atoms with Gasteiger partial charge in [-0.15, -0.1) is 0 Å². The number of nitrogens with zero attached hydrogens (tertiary/aromatic N) is 1. The van der Waals surface area contributed by atoms with Crippen molar-refractivity contribution < 1.29 is 66.7 Å². The Hall–Kier alpha value is -4.47. The van der Waals surface area contributed by atoms with Crippen LogP contribution in [0.15, 0.2) is 24.3 Å². The van der Waals surface area contributed by atoms with Gasteiger partial charge in [0.05, 0.1) is 19.6 Å². The summed E-state index contributed by atoms with van der Waals surface area (Å²) >= 11 is 0. The molecule has 0 spiro atoms. The molecule has 4 aliphatic carbocycles. The molecule has 1 atom stereocenters. The maximum atomic E-state index is 13.9. The Bertz CT molecular complexity index is 1730. The van der Waals surface area contributed by atoms with Crippen molar-refractivity contribution in [3.8, 4) is 0 Å². The Morgan fingerprint density at radius 2 is 0.936 bits per heavy atom. The third-order valence-electron chi connectivity index (χ3n) is 16.0. The van der Waals surface area contributed by atoms with Gasteiger partial charge in [0.15, 0.2) is 0 Å². The molecule has 1 heterocycles. The van der Waals surface area contributed by atoms with Gasteiger partial charge in [-0.05, 0) is 165 Å². The normalized spacial score (nSPS) is 20.2. The molecule has 1 saturated heterocycles. The van der Waals surface area contributed by atoms with Crippen molar-refractivity contribution in [2.24, 2.45) is 28.6 Å². The third-order valence-corrected chi connectivity index (χ3v) is 16.0. The molecule has 1 aliphatic heterocycles. The topological polar surface area (TPSA) is 199 Å². The average molecular weight is 1100 g/mol. The van der Waals surface area contributed by atoms with Crippen LogP contribution in [-0.2, 0) is 61.9 Å². The molecule has 5 rings (SSSR count). The lowest BCUT2D eigenvalue weighted by Gasteiger charge is -2.56. The first-order valence-electron chi connectivity index (χ1n) is 30.7. The van der Waals surface area contributed by atoms with E-state index in [-0.39, 0.29) is 68.9 Å². The predicted molar refractivity (Wildman–Crippen MR) is 299 cm³/mol. The van der Waals surface area contributed by atoms with Crippen LogP contribution in [0, 0.1) is 28.6 Å². The van der Waals surface area contributed by atoms with E-state index >= 15 is 0 Å². The average Bonchev–Trinajstić information content (AvgIpc) is 4.02. The molecular formula is C62H102N2O14. The fourth-order valence-electron chi connectivity index (χ4n) is 12.0. The summed E-state index contributed by atoms with van der Waals surface area (Å²) in [5.41, 5.74) is -1.59. The van der Waals surface area contributed by atoms with Crippen molar-refractivity contribution in [3.63, 3.8) is 0 Å². The number of esters is 6. The van der Waals surface area contributed by atoms with Crippen LogP contribution >= 0.6 is 0 Å². The van der Waals surface area contributed by atoms with Crippen molar-refractivity contribution in [1.29, 1.82) is 0 Å². The van der Waals surface area contributed by atoms with E-state index in [0.717, 1.165) is 90.3 Å². The Labute approximate surface area is 468 Å². The SMILES string of the molecule is CCCCC/C=C\CCOC(=O)CCCCC(=O)OCC(COC(=O)CCCCC(=O)OCC/C=C\CCCCC)(COC(=O)CCC(CCCC)OC(=O)NCCN1CCCC1)COC(=O)CC12CC3CC(CC(C3)C1)C2. The molecule has 16 nitrogen and oxygen atoms in total. The molecule has 4 saturated carbocycles. The van der Waals surface area contributed by atoms with E-state index in [9.17, 15) is 33.6 Å². The van der Waals surface area contributed by atoms with Crippen LogP contribution in [-0.4, -0.2) is 119 Å². The second kappa shape index (κ2) is 39.0. The maximum Gasteiger partial charge on any atom is 0.407 e. The van der Waals surface area contributed by atoms with Crippen molar-refractivity contribution in [1.82, 2.24) is 10.2 Å². The molecule has 5 aliphatic rings. The van der Waals surface area contributed by atoms with Crippen LogP contribution in [0.25, 0.3) is 0 Å². The fraction of sp³-hybridized carbons (Fsp3) is 0.823. The Kier molecular flexibility index (Phi) is 33.0. The first-order chi connectivity index (χ1) is 37.8. The highest BCUT2D eigenvalue weighted by atomic mass is 16.6. The zero-order chi connectivity index (χ0) is 56.1. The summed E-state index contributed by atoms with van der Waals surface area (Å²) in [4.78, 5) is 94.4. The van der Waals surface area contributed by atoms with Gasteiger partial charge < -0.3 is 43.4 Å². The molecule has 0 aromatic heterocycles. The van der Waals surface area contributed by atoms with Crippen LogP contribution in [0.2, 0.25) is 0 Å². The van der Waals surface area contributed by atoms with Crippen LogP contribution < -0.4 is 5.32 Å². The van der Waals surface area contributed by atoms with E-state index in [4.69, 9.17) is 33.2 Å². The standard InChI is InChI=1S/C62H102N2O14/c1-4-7-10-12-14-16-24-37-72-54(65)27-18-20-29-56(67)74-46-62(49-77-59(70)45-61-42-50-39-51(43-61)41-52(40-50)44-61,47-75-57(68)30-21-19-28-55(66)73-38-25-17-15-13-11-8-5-2)48-76-58(69)32-31-53(26-9-6-3)78-60(71)63-33-36-64-34-22-23-35-64/h14-17,50-53H,4-13,18-49H2,1-3H3,(H,63,71)/b16-14-,17-15-. The van der Waals surface area contributed by atoms with Crippen LogP contribution in [0.4, 0.5) is 4.79 Å². The molecule has 78 heavy (non-hydrogen) atoms. The fourth-order valence-corrected chi connectivity index (χ4v) is 12.0. The van der Waals surface area contributed by atoms with Crippen molar-refractivity contribution in [3.05, 3.63) is 24.3 Å². The summed E-state index contributed by atoms with van der Waals surface area (Å²) in [7, 11) is 0. The molecule has 16 heteroatoms. The summed E-state index contributed by atoms with van der Waals surface area (Å²) in [5.74, 6) is -0.972. The summed E-state index contributed by atoms with van der Waals surface area (Å²) in [6.07, 6.45) is 30.9. The number of nitrogens with one attached hydrogen (secondary N) is 1. The number of ether oxygens (including phenoxy) is 7. The van der Waals surface area contributed by atoms with Gasteiger partial charge in [0.2, 0.25) is 0 Å². The molecular weight excluding hydrogens is 997 g/mol. The van der Waals surface area contributed by atoms with E-state index in [0.29, 0.717) is 82.5 Å². The zero-order valence-corrected chi connectivity index (χ0v) is 48.5. The smallest absolute Gasteiger partial charge is 0.407 e. The van der Waals surface area contributed by atoms with Gasteiger partial charge in [0.1, 0.15) is 37.9 Å². The highest BCUT2D eigenvalue weighted by Gasteiger charge is 2.52. The van der Waals surface area contributed by atoms with E-state index < -0.39 is 61.3 Å². The first kappa shape index (κ1) is 66.0. The molecule has 1 unspecified atom stereocenters. The van der Waals surface area contributed by atoms with Gasteiger partial charge in [0, 0.05) is 45.2 Å². The number of rotatable bonds is 44. The van der Waals surface area contributed by atoms with Gasteiger partial charge in [-0.2, -0.15) is 0 Å². The minimum absolute atomic E-state index is 0.0155. The first-order valence-corrected chi connectivity index (χ1v) is 30.7. The Morgan fingerprint density at radius 1 is 0.513 bits per heavy atom. The lowest BCUT2D eigenvalue weighted by Crippen LogP contribution is -2.47. The number of carbonyl (C=O) groups excluding carboxylic acids is 7. The van der Waals surface area contributed by atoms with Gasteiger partial charge in [0.25, 0.3) is 0 Å². The number of alkyl carbamates (subject to hydrolysis) is 1. The van der Waals surface area contributed by atoms with E-state index in [2.05, 4.69) is 36.2 Å². The number of unbranched alkanes of at least 4 members (excludes halogenated alkanes) is 9. The number of hydrogen-bond acceptors (Lipinski definition) is 15. The van der Waals surface area contributed by atoms with E-state index in [1.54, 1.807) is 0 Å². The molecule has 444 valence electrons. The quantitative estimate of drug-likeness (QED) is 0.0261. The maximum absolute atomic E-state index is 13.9. The monoisotopic (exact) mass is 1100 g/mol. The Morgan fingerprint density at radius 3 is 1.40 bits per heavy atom. The largest absolute Gasteiger partial charge is 0.465 e. The van der Waals surface area contributed by atoms with Crippen molar-refractivity contribution in [2.75, 3.05) is 65.8 Å². The summed E-state index contributed by atoms with van der Waals surface area (Å²) in [5, 5.41) is 2.85. The van der Waals surface area contributed by atoms with E-state index in [1.807, 2.05) is 19.1 Å². The number of carbonyl (C=O) groups is 7. The second-order valence-corrected chi connectivity index (χ2v) is 23.3. The van der Waals surface area contributed by atoms with Crippen LogP contribution in [0.3, 0.4) is 0 Å². The Balaban J connectivity index is 1.38. The number of likely N-dealkylation sites (tertiary alicyclic amines) is 1. The number of allylic oxidation sites excluding steroid dienone is 2. The van der Waals surface area contributed by atoms with E-state index in [1.165, 1.54) is 44.9 Å². The molecule has 0 aromatic carbocycles. The van der Waals surface area contributed by atoms with Crippen LogP contribution in [0.5, 0.6) is 0 Å². The van der Waals surface area contributed by atoms with Gasteiger partial charge in [-0.3, -0.25) is 28.8 Å². The van der Waals surface area contributed by atoms with Gasteiger partial charge in [-0.1, -0.05) is 83.6 Å². The summed E-state index contributed by atoms with van der Waals surface area (Å²) in [6, 6.07) is 0. The lowest BCUT2D eigenvalue weighted by molar-refractivity contribution is -0.173. The molecule has 5 fully saturated rings. The summed E-state index contributed by atoms with van der Waals surface area (Å²) < 4.78 is 40.3. The van der Waals surface area contributed by atoms with Gasteiger partial charge >= 0.3 is 41.9 Å². The molecule has 1 amide bonds. The lowest BCUT2D eigenvalue weighted by atomic mass is 9.49. The highest BCUT2D eigenvalue weighted by molar-refractivity contribution is 5.73. The molecule has 0 aromatic rings.